The SMILES string of the molecule is COCCNC(=O)[C@H](C)N1CCN(CC(=O)NC2CC2)CC1. The average molecular weight is 312 g/mol. The molecule has 126 valence electrons. The molecule has 1 atom stereocenters. The first kappa shape index (κ1) is 17.2. The molecule has 2 rings (SSSR count). The smallest absolute Gasteiger partial charge is 0.237 e. The van der Waals surface area contributed by atoms with Crippen LogP contribution in [0.3, 0.4) is 0 Å². The molecule has 0 aromatic heterocycles. The van der Waals surface area contributed by atoms with Gasteiger partial charge in [-0.3, -0.25) is 19.4 Å². The second kappa shape index (κ2) is 8.45. The third kappa shape index (κ3) is 5.55. The zero-order valence-electron chi connectivity index (χ0n) is 13.6. The van der Waals surface area contributed by atoms with Crippen molar-refractivity contribution in [3.63, 3.8) is 0 Å². The summed E-state index contributed by atoms with van der Waals surface area (Å²) in [6, 6.07) is 0.281. The Morgan fingerprint density at radius 1 is 1.23 bits per heavy atom. The summed E-state index contributed by atoms with van der Waals surface area (Å²) < 4.78 is 4.93. The molecule has 2 amide bonds. The van der Waals surface area contributed by atoms with E-state index in [1.165, 1.54) is 0 Å². The highest BCUT2D eigenvalue weighted by Gasteiger charge is 2.27. The summed E-state index contributed by atoms with van der Waals surface area (Å²) in [6.07, 6.45) is 2.24. The highest BCUT2D eigenvalue weighted by Crippen LogP contribution is 2.18. The van der Waals surface area contributed by atoms with Crippen molar-refractivity contribution in [2.75, 3.05) is 53.0 Å². The Hall–Kier alpha value is -1.18. The predicted octanol–water partition coefficient (Wildman–Crippen LogP) is -0.966. The van der Waals surface area contributed by atoms with Crippen LogP contribution in [0, 0.1) is 0 Å². The van der Waals surface area contributed by atoms with Crippen molar-refractivity contribution in [3.05, 3.63) is 0 Å². The number of ether oxygens (including phenoxy) is 1. The number of carbonyl (C=O) groups is 2. The van der Waals surface area contributed by atoms with Crippen LogP contribution in [0.5, 0.6) is 0 Å². The van der Waals surface area contributed by atoms with E-state index in [1.54, 1.807) is 7.11 Å². The van der Waals surface area contributed by atoms with Gasteiger partial charge in [0.25, 0.3) is 0 Å². The first-order valence-corrected chi connectivity index (χ1v) is 8.12. The predicted molar refractivity (Wildman–Crippen MR) is 83.5 cm³/mol. The second-order valence-corrected chi connectivity index (χ2v) is 6.11. The van der Waals surface area contributed by atoms with Crippen LogP contribution in [0.15, 0.2) is 0 Å². The summed E-state index contributed by atoms with van der Waals surface area (Å²) in [6.45, 7) is 6.76. The van der Waals surface area contributed by atoms with Crippen molar-refractivity contribution >= 4 is 11.8 Å². The lowest BCUT2D eigenvalue weighted by molar-refractivity contribution is -0.128. The summed E-state index contributed by atoms with van der Waals surface area (Å²) in [5.74, 6) is 0.165. The molecule has 0 aromatic rings. The second-order valence-electron chi connectivity index (χ2n) is 6.11. The van der Waals surface area contributed by atoms with Crippen LogP contribution >= 0.6 is 0 Å². The van der Waals surface area contributed by atoms with Crippen molar-refractivity contribution < 1.29 is 14.3 Å². The number of hydrogen-bond donors (Lipinski definition) is 2. The summed E-state index contributed by atoms with van der Waals surface area (Å²) in [7, 11) is 1.62. The van der Waals surface area contributed by atoms with Crippen LogP contribution < -0.4 is 10.6 Å². The fraction of sp³-hybridized carbons (Fsp3) is 0.867. The molecule has 2 fully saturated rings. The van der Waals surface area contributed by atoms with E-state index >= 15 is 0 Å². The van der Waals surface area contributed by atoms with Crippen LogP contribution in [-0.2, 0) is 14.3 Å². The molecule has 1 heterocycles. The quantitative estimate of drug-likeness (QED) is 0.565. The molecule has 7 heteroatoms. The maximum absolute atomic E-state index is 12.0. The van der Waals surface area contributed by atoms with E-state index in [9.17, 15) is 9.59 Å². The average Bonchev–Trinajstić information content (AvgIpc) is 3.31. The molecule has 0 bridgehead atoms. The number of hydrogen-bond acceptors (Lipinski definition) is 5. The Balaban J connectivity index is 1.64. The Kier molecular flexibility index (Phi) is 6.60. The summed E-state index contributed by atoms with van der Waals surface area (Å²) >= 11 is 0. The van der Waals surface area contributed by atoms with Gasteiger partial charge in [0.05, 0.1) is 19.2 Å². The molecule has 0 spiro atoms. The number of nitrogens with zero attached hydrogens (tertiary/aromatic N) is 2. The molecule has 7 nitrogen and oxygen atoms in total. The first-order chi connectivity index (χ1) is 10.6. The van der Waals surface area contributed by atoms with Crippen molar-refractivity contribution in [2.24, 2.45) is 0 Å². The third-order valence-corrected chi connectivity index (χ3v) is 4.25. The molecule has 0 unspecified atom stereocenters. The van der Waals surface area contributed by atoms with Gasteiger partial charge >= 0.3 is 0 Å². The summed E-state index contributed by atoms with van der Waals surface area (Å²) in [4.78, 5) is 28.1. The van der Waals surface area contributed by atoms with E-state index in [0.717, 1.165) is 39.0 Å². The minimum atomic E-state index is -0.140. The zero-order chi connectivity index (χ0) is 15.9. The van der Waals surface area contributed by atoms with E-state index in [4.69, 9.17) is 4.74 Å². The molecule has 2 N–H and O–H groups in total. The van der Waals surface area contributed by atoms with Crippen LogP contribution in [-0.4, -0.2) is 86.7 Å². The topological polar surface area (TPSA) is 73.9 Å². The van der Waals surface area contributed by atoms with Crippen molar-refractivity contribution in [2.45, 2.75) is 31.8 Å². The van der Waals surface area contributed by atoms with E-state index in [-0.39, 0.29) is 17.9 Å². The number of amides is 2. The molecular formula is C15H28N4O3. The van der Waals surface area contributed by atoms with Gasteiger partial charge in [-0.15, -0.1) is 0 Å². The fourth-order valence-corrected chi connectivity index (χ4v) is 2.60. The normalized spacial score (nSPS) is 21.4. The maximum Gasteiger partial charge on any atom is 0.237 e. The van der Waals surface area contributed by atoms with Crippen LogP contribution in [0.1, 0.15) is 19.8 Å². The molecule has 1 saturated carbocycles. The van der Waals surface area contributed by atoms with Gasteiger partial charge in [-0.2, -0.15) is 0 Å². The van der Waals surface area contributed by atoms with Gasteiger partial charge in [0.1, 0.15) is 0 Å². The number of carbonyl (C=O) groups excluding carboxylic acids is 2. The molecule has 0 radical (unpaired) electrons. The number of nitrogens with one attached hydrogen (secondary N) is 2. The molecule has 2 aliphatic rings. The minimum Gasteiger partial charge on any atom is -0.383 e. The van der Waals surface area contributed by atoms with Gasteiger partial charge in [0.15, 0.2) is 0 Å². The third-order valence-electron chi connectivity index (χ3n) is 4.25. The number of methoxy groups -OCH3 is 1. The first-order valence-electron chi connectivity index (χ1n) is 8.12. The summed E-state index contributed by atoms with van der Waals surface area (Å²) in [5.41, 5.74) is 0. The van der Waals surface area contributed by atoms with E-state index in [2.05, 4.69) is 20.4 Å². The minimum absolute atomic E-state index is 0.0389. The van der Waals surface area contributed by atoms with Crippen molar-refractivity contribution in [1.29, 1.82) is 0 Å². The molecule has 1 saturated heterocycles. The van der Waals surface area contributed by atoms with Gasteiger partial charge in [-0.05, 0) is 19.8 Å². The van der Waals surface area contributed by atoms with Crippen LogP contribution in [0.2, 0.25) is 0 Å². The van der Waals surface area contributed by atoms with Crippen molar-refractivity contribution in [3.8, 4) is 0 Å². The van der Waals surface area contributed by atoms with Gasteiger partial charge in [-0.25, -0.2) is 0 Å². The van der Waals surface area contributed by atoms with Gasteiger partial charge in [0, 0.05) is 45.9 Å². The largest absolute Gasteiger partial charge is 0.383 e. The van der Waals surface area contributed by atoms with E-state index < -0.39 is 0 Å². The Morgan fingerprint density at radius 3 is 2.50 bits per heavy atom. The summed E-state index contributed by atoms with van der Waals surface area (Å²) in [5, 5.41) is 5.88. The molecule has 1 aliphatic heterocycles. The number of rotatable bonds is 8. The van der Waals surface area contributed by atoms with E-state index in [1.807, 2.05) is 6.92 Å². The van der Waals surface area contributed by atoms with Gasteiger partial charge < -0.3 is 15.4 Å². The molecular weight excluding hydrogens is 284 g/mol. The van der Waals surface area contributed by atoms with Gasteiger partial charge in [0.2, 0.25) is 11.8 Å². The lowest BCUT2D eigenvalue weighted by Crippen LogP contribution is -2.55. The Labute approximate surface area is 132 Å². The molecule has 22 heavy (non-hydrogen) atoms. The lowest BCUT2D eigenvalue weighted by Gasteiger charge is -2.37. The molecule has 1 aliphatic carbocycles. The lowest BCUT2D eigenvalue weighted by atomic mass is 10.2. The van der Waals surface area contributed by atoms with Crippen LogP contribution in [0.25, 0.3) is 0 Å². The number of piperazine rings is 1. The molecule has 0 aromatic carbocycles. The highest BCUT2D eigenvalue weighted by atomic mass is 16.5. The van der Waals surface area contributed by atoms with Crippen LogP contribution in [0.4, 0.5) is 0 Å². The monoisotopic (exact) mass is 312 g/mol. The van der Waals surface area contributed by atoms with Crippen molar-refractivity contribution in [1.82, 2.24) is 20.4 Å². The maximum atomic E-state index is 12.0. The Morgan fingerprint density at radius 2 is 1.91 bits per heavy atom. The fourth-order valence-electron chi connectivity index (χ4n) is 2.60. The zero-order valence-corrected chi connectivity index (χ0v) is 13.6. The Bertz CT molecular complexity index is 379. The standard InChI is InChI=1S/C15H28N4O3/c1-12(15(21)16-5-10-22-2)19-8-6-18(7-9-19)11-14(20)17-13-3-4-13/h12-13H,3-11H2,1-2H3,(H,16,21)(H,17,20)/t12-/m0/s1. The van der Waals surface area contributed by atoms with Gasteiger partial charge in [-0.1, -0.05) is 0 Å². The van der Waals surface area contributed by atoms with E-state index in [0.29, 0.717) is 25.7 Å². The highest BCUT2D eigenvalue weighted by molar-refractivity contribution is 5.81.